The average molecular weight is 284 g/mol. The number of nitrogens with one attached hydrogen (secondary N) is 1. The Morgan fingerprint density at radius 3 is 2.79 bits per heavy atom. The van der Waals surface area contributed by atoms with Crippen LogP contribution in [0.5, 0.6) is 0 Å². The zero-order valence-electron chi connectivity index (χ0n) is 10.6. The highest BCUT2D eigenvalue weighted by Gasteiger charge is 2.47. The molecule has 2 aliphatic rings. The summed E-state index contributed by atoms with van der Waals surface area (Å²) in [5.41, 5.74) is 0.158. The fraction of sp³-hybridized carbons (Fsp3) is 0.583. The Bertz CT molecular complexity index is 461. The predicted molar refractivity (Wildman–Crippen MR) is 70.0 cm³/mol. The summed E-state index contributed by atoms with van der Waals surface area (Å²) in [6.07, 6.45) is 2.67. The average Bonchev–Trinajstić information content (AvgIpc) is 2.61. The van der Waals surface area contributed by atoms with E-state index in [0.29, 0.717) is 19.4 Å². The van der Waals surface area contributed by atoms with Gasteiger partial charge in [-0.15, -0.1) is 11.8 Å². The third-order valence-corrected chi connectivity index (χ3v) is 4.43. The Hall–Kier alpha value is -1.50. The topological polar surface area (TPSA) is 86.7 Å². The van der Waals surface area contributed by atoms with E-state index in [4.69, 9.17) is 0 Å². The van der Waals surface area contributed by atoms with Crippen molar-refractivity contribution in [3.05, 3.63) is 10.6 Å². The predicted octanol–water partition coefficient (Wildman–Crippen LogP) is 0.894. The van der Waals surface area contributed by atoms with Gasteiger partial charge in [0.25, 0.3) is 0 Å². The lowest BCUT2D eigenvalue weighted by atomic mass is 10.1. The van der Waals surface area contributed by atoms with Gasteiger partial charge in [-0.25, -0.2) is 4.79 Å². The molecular formula is C12H16N2O4S. The van der Waals surface area contributed by atoms with Crippen LogP contribution in [-0.2, 0) is 14.4 Å². The van der Waals surface area contributed by atoms with Gasteiger partial charge >= 0.3 is 5.97 Å². The highest BCUT2D eigenvalue weighted by molar-refractivity contribution is 8.04. The van der Waals surface area contributed by atoms with Crippen molar-refractivity contribution in [1.82, 2.24) is 10.2 Å². The zero-order chi connectivity index (χ0) is 14.0. The number of aliphatic carboxylic acids is 1. The van der Waals surface area contributed by atoms with Gasteiger partial charge in [0.2, 0.25) is 11.8 Å². The van der Waals surface area contributed by atoms with Crippen molar-refractivity contribution < 1.29 is 19.5 Å². The van der Waals surface area contributed by atoms with Crippen LogP contribution in [0.1, 0.15) is 32.6 Å². The van der Waals surface area contributed by atoms with Crippen molar-refractivity contribution in [1.29, 1.82) is 0 Å². The van der Waals surface area contributed by atoms with Gasteiger partial charge < -0.3 is 10.4 Å². The van der Waals surface area contributed by atoms with Gasteiger partial charge in [0, 0.05) is 18.4 Å². The minimum absolute atomic E-state index is 0.0102. The quantitative estimate of drug-likeness (QED) is 0.559. The van der Waals surface area contributed by atoms with E-state index in [-0.39, 0.29) is 22.9 Å². The summed E-state index contributed by atoms with van der Waals surface area (Å²) >= 11 is 1.48. The Kier molecular flexibility index (Phi) is 4.14. The highest BCUT2D eigenvalue weighted by Crippen LogP contribution is 2.47. The maximum Gasteiger partial charge on any atom is 0.353 e. The first-order valence-corrected chi connectivity index (χ1v) is 7.08. The number of thioether (sulfide) groups is 1. The van der Waals surface area contributed by atoms with E-state index in [0.717, 1.165) is 17.7 Å². The summed E-state index contributed by atoms with van der Waals surface area (Å²) < 4.78 is 0. The standard InChI is InChI=1S/C12H16N2O4S/c1-7(15)13-5-3-2-4-8-11(12(17)18)14-9(16)6-10(14)19-8/h10H,2-6H2,1H3,(H,13,15)(H,17,18)/t10-/m0/s1. The number of fused-ring (bicyclic) bond motifs is 1. The highest BCUT2D eigenvalue weighted by atomic mass is 32.2. The molecule has 2 heterocycles. The summed E-state index contributed by atoms with van der Waals surface area (Å²) in [5, 5.41) is 11.9. The van der Waals surface area contributed by atoms with Crippen LogP contribution in [0.15, 0.2) is 10.6 Å². The molecule has 1 atom stereocenters. The van der Waals surface area contributed by atoms with Crippen LogP contribution in [0.4, 0.5) is 0 Å². The molecule has 2 N–H and O–H groups in total. The van der Waals surface area contributed by atoms with Gasteiger partial charge in [-0.3, -0.25) is 14.5 Å². The molecule has 1 saturated heterocycles. The van der Waals surface area contributed by atoms with Crippen molar-refractivity contribution in [2.75, 3.05) is 6.54 Å². The molecule has 2 rings (SSSR count). The third kappa shape index (κ3) is 2.91. The number of carboxylic acids is 1. The summed E-state index contributed by atoms with van der Waals surface area (Å²) in [5.74, 6) is -1.20. The monoisotopic (exact) mass is 284 g/mol. The second-order valence-electron chi connectivity index (χ2n) is 4.56. The summed E-state index contributed by atoms with van der Waals surface area (Å²) in [6.45, 7) is 2.07. The molecule has 104 valence electrons. The number of hydrogen-bond acceptors (Lipinski definition) is 4. The van der Waals surface area contributed by atoms with E-state index in [2.05, 4.69) is 5.32 Å². The number of carboxylic acid groups (broad SMARTS) is 1. The van der Waals surface area contributed by atoms with Crippen molar-refractivity contribution >= 4 is 29.5 Å². The van der Waals surface area contributed by atoms with Crippen LogP contribution in [0, 0.1) is 0 Å². The maximum absolute atomic E-state index is 11.4. The maximum atomic E-state index is 11.4. The second kappa shape index (κ2) is 5.64. The molecule has 2 aliphatic heterocycles. The molecular weight excluding hydrogens is 268 g/mol. The smallest absolute Gasteiger partial charge is 0.353 e. The third-order valence-electron chi connectivity index (χ3n) is 3.10. The largest absolute Gasteiger partial charge is 0.477 e. The molecule has 0 bridgehead atoms. The summed E-state index contributed by atoms with van der Waals surface area (Å²) in [7, 11) is 0. The molecule has 0 aromatic heterocycles. The van der Waals surface area contributed by atoms with E-state index in [1.807, 2.05) is 0 Å². The van der Waals surface area contributed by atoms with Gasteiger partial charge in [-0.05, 0) is 19.3 Å². The Morgan fingerprint density at radius 1 is 1.47 bits per heavy atom. The molecule has 0 aromatic carbocycles. The molecule has 7 heteroatoms. The number of hydrogen-bond donors (Lipinski definition) is 2. The van der Waals surface area contributed by atoms with Crippen LogP contribution in [0.2, 0.25) is 0 Å². The fourth-order valence-electron chi connectivity index (χ4n) is 2.18. The number of allylic oxidation sites excluding steroid dienone is 1. The normalized spacial score (nSPS) is 21.2. The van der Waals surface area contributed by atoms with E-state index in [9.17, 15) is 19.5 Å². The van der Waals surface area contributed by atoms with Gasteiger partial charge in [0.15, 0.2) is 0 Å². The number of rotatable bonds is 6. The molecule has 0 saturated carbocycles. The molecule has 0 aliphatic carbocycles. The number of unbranched alkanes of at least 4 members (excludes halogenated alkanes) is 1. The van der Waals surface area contributed by atoms with Crippen LogP contribution in [0.3, 0.4) is 0 Å². The van der Waals surface area contributed by atoms with Crippen LogP contribution < -0.4 is 5.32 Å². The summed E-state index contributed by atoms with van der Waals surface area (Å²) in [6, 6.07) is 0. The molecule has 0 aromatic rings. The lowest BCUT2D eigenvalue weighted by molar-refractivity contribution is -0.145. The minimum atomic E-state index is -1.03. The molecule has 0 spiro atoms. The van der Waals surface area contributed by atoms with Crippen LogP contribution >= 0.6 is 11.8 Å². The summed E-state index contributed by atoms with van der Waals surface area (Å²) in [4.78, 5) is 35.5. The van der Waals surface area contributed by atoms with Crippen LogP contribution in [-0.4, -0.2) is 39.7 Å². The minimum Gasteiger partial charge on any atom is -0.477 e. The SMILES string of the molecule is CC(=O)NCCCCC1=C(C(=O)O)N2C(=O)C[C@@H]2S1. The first-order chi connectivity index (χ1) is 9.00. The van der Waals surface area contributed by atoms with E-state index in [1.54, 1.807) is 0 Å². The van der Waals surface area contributed by atoms with Crippen molar-refractivity contribution in [2.45, 2.75) is 38.0 Å². The Labute approximate surface area is 115 Å². The van der Waals surface area contributed by atoms with Crippen LogP contribution in [0.25, 0.3) is 0 Å². The van der Waals surface area contributed by atoms with E-state index < -0.39 is 5.97 Å². The number of β-lactam (4-membered cyclic amide) rings is 1. The Balaban J connectivity index is 1.87. The molecule has 2 amide bonds. The van der Waals surface area contributed by atoms with Crippen molar-refractivity contribution in [3.63, 3.8) is 0 Å². The molecule has 19 heavy (non-hydrogen) atoms. The molecule has 0 unspecified atom stereocenters. The van der Waals surface area contributed by atoms with Crippen molar-refractivity contribution in [2.24, 2.45) is 0 Å². The van der Waals surface area contributed by atoms with E-state index in [1.165, 1.54) is 23.6 Å². The second-order valence-corrected chi connectivity index (χ2v) is 5.83. The van der Waals surface area contributed by atoms with Crippen molar-refractivity contribution in [3.8, 4) is 0 Å². The van der Waals surface area contributed by atoms with E-state index >= 15 is 0 Å². The first kappa shape index (κ1) is 13.9. The molecule has 6 nitrogen and oxygen atoms in total. The lowest BCUT2D eigenvalue weighted by Gasteiger charge is -2.33. The number of nitrogens with zero attached hydrogens (tertiary/aromatic N) is 1. The fourth-order valence-corrected chi connectivity index (χ4v) is 3.62. The van der Waals surface area contributed by atoms with Gasteiger partial charge in [-0.2, -0.15) is 0 Å². The number of carbonyl (C=O) groups is 3. The van der Waals surface area contributed by atoms with Gasteiger partial charge in [0.1, 0.15) is 5.70 Å². The van der Waals surface area contributed by atoms with Gasteiger partial charge in [0.05, 0.1) is 11.8 Å². The Morgan fingerprint density at radius 2 is 2.21 bits per heavy atom. The molecule has 0 radical (unpaired) electrons. The lowest BCUT2D eigenvalue weighted by Crippen LogP contribution is -2.48. The van der Waals surface area contributed by atoms with Gasteiger partial charge in [-0.1, -0.05) is 0 Å². The molecule has 1 fully saturated rings. The zero-order valence-corrected chi connectivity index (χ0v) is 11.5. The first-order valence-electron chi connectivity index (χ1n) is 6.20. The number of carbonyl (C=O) groups excluding carboxylic acids is 2. The number of amides is 2.